The van der Waals surface area contributed by atoms with Crippen LogP contribution in [0.1, 0.15) is 42.0 Å². The first-order valence-electron chi connectivity index (χ1n) is 11.1. The van der Waals surface area contributed by atoms with Crippen LogP contribution in [0.3, 0.4) is 0 Å². The SMILES string of the molecule is N#Cc1cnccc1N1CCNCC1C(=O)CC1CCC(C2NCc3ccccc32)O1. The summed E-state index contributed by atoms with van der Waals surface area (Å²) < 4.78 is 6.36. The third-order valence-corrected chi connectivity index (χ3v) is 6.69. The molecular formula is C24H27N5O2. The van der Waals surface area contributed by atoms with E-state index in [0.717, 1.165) is 31.6 Å². The average Bonchev–Trinajstić information content (AvgIpc) is 3.45. The fraction of sp³-hybridized carbons (Fsp3) is 0.458. The number of carbonyl (C=O) groups is 1. The Morgan fingerprint density at radius 2 is 2.19 bits per heavy atom. The van der Waals surface area contributed by atoms with Crippen molar-refractivity contribution in [3.63, 3.8) is 0 Å². The van der Waals surface area contributed by atoms with Crippen LogP contribution in [0.25, 0.3) is 0 Å². The molecule has 2 N–H and O–H groups in total. The van der Waals surface area contributed by atoms with Crippen LogP contribution >= 0.6 is 0 Å². The van der Waals surface area contributed by atoms with E-state index < -0.39 is 0 Å². The van der Waals surface area contributed by atoms with Crippen molar-refractivity contribution in [1.29, 1.82) is 5.26 Å². The summed E-state index contributed by atoms with van der Waals surface area (Å²) in [7, 11) is 0. The summed E-state index contributed by atoms with van der Waals surface area (Å²) in [5.41, 5.74) is 3.95. The van der Waals surface area contributed by atoms with Gasteiger partial charge in [-0.1, -0.05) is 24.3 Å². The minimum atomic E-state index is -0.295. The van der Waals surface area contributed by atoms with Gasteiger partial charge < -0.3 is 20.3 Å². The number of carbonyl (C=O) groups excluding carboxylic acids is 1. The summed E-state index contributed by atoms with van der Waals surface area (Å²) in [6.45, 7) is 2.93. The molecule has 3 aliphatic rings. The molecule has 31 heavy (non-hydrogen) atoms. The number of nitrogens with one attached hydrogen (secondary N) is 2. The summed E-state index contributed by atoms with van der Waals surface area (Å²) >= 11 is 0. The third kappa shape index (κ3) is 3.94. The van der Waals surface area contributed by atoms with Crippen LogP contribution in [-0.4, -0.2) is 48.7 Å². The molecule has 2 fully saturated rings. The second-order valence-electron chi connectivity index (χ2n) is 8.52. The van der Waals surface area contributed by atoms with Crippen LogP contribution in [0.15, 0.2) is 42.7 Å². The van der Waals surface area contributed by atoms with E-state index in [2.05, 4.69) is 50.9 Å². The van der Waals surface area contributed by atoms with Gasteiger partial charge in [0.2, 0.25) is 0 Å². The van der Waals surface area contributed by atoms with Gasteiger partial charge in [-0.05, 0) is 30.0 Å². The molecule has 2 saturated heterocycles. The van der Waals surface area contributed by atoms with Gasteiger partial charge >= 0.3 is 0 Å². The standard InChI is InChI=1S/C24H27N5O2/c25-12-17-13-26-8-7-20(17)29-10-9-27-15-21(29)22(30)11-18-5-6-23(31-18)24-19-4-2-1-3-16(19)14-28-24/h1-4,7-8,13,18,21,23-24,27-28H,5-6,9-11,14-15H2. The maximum Gasteiger partial charge on any atom is 0.159 e. The van der Waals surface area contributed by atoms with Crippen LogP contribution in [0.5, 0.6) is 0 Å². The number of hydrogen-bond acceptors (Lipinski definition) is 7. The second kappa shape index (κ2) is 8.75. The lowest BCUT2D eigenvalue weighted by atomic mass is 9.98. The van der Waals surface area contributed by atoms with E-state index in [0.29, 0.717) is 25.1 Å². The van der Waals surface area contributed by atoms with Crippen LogP contribution in [0.2, 0.25) is 0 Å². The highest BCUT2D eigenvalue weighted by Crippen LogP contribution is 2.36. The van der Waals surface area contributed by atoms with Crippen molar-refractivity contribution in [2.45, 2.75) is 50.1 Å². The highest BCUT2D eigenvalue weighted by atomic mass is 16.5. The van der Waals surface area contributed by atoms with Crippen molar-refractivity contribution < 1.29 is 9.53 Å². The zero-order chi connectivity index (χ0) is 21.2. The van der Waals surface area contributed by atoms with Gasteiger partial charge in [0, 0.05) is 45.0 Å². The van der Waals surface area contributed by atoms with Crippen LogP contribution in [-0.2, 0) is 16.1 Å². The Hall–Kier alpha value is -2.79. The highest BCUT2D eigenvalue weighted by molar-refractivity contribution is 5.88. The number of nitriles is 1. The van der Waals surface area contributed by atoms with E-state index in [4.69, 9.17) is 4.74 Å². The molecule has 0 radical (unpaired) electrons. The number of benzene rings is 1. The highest BCUT2D eigenvalue weighted by Gasteiger charge is 2.38. The molecule has 1 aromatic carbocycles. The Morgan fingerprint density at radius 1 is 1.29 bits per heavy atom. The molecule has 0 bridgehead atoms. The molecule has 5 rings (SSSR count). The average molecular weight is 418 g/mol. The fourth-order valence-corrected chi connectivity index (χ4v) is 5.15. The topological polar surface area (TPSA) is 90.3 Å². The number of piperazine rings is 1. The lowest BCUT2D eigenvalue weighted by molar-refractivity contribution is -0.123. The Bertz CT molecular complexity index is 1000. The fourth-order valence-electron chi connectivity index (χ4n) is 5.15. The molecule has 7 nitrogen and oxygen atoms in total. The largest absolute Gasteiger partial charge is 0.373 e. The van der Waals surface area contributed by atoms with Crippen LogP contribution in [0, 0.1) is 11.3 Å². The maximum atomic E-state index is 13.3. The molecule has 4 unspecified atom stereocenters. The quantitative estimate of drug-likeness (QED) is 0.770. The molecule has 0 amide bonds. The summed E-state index contributed by atoms with van der Waals surface area (Å²) in [6.07, 6.45) is 5.55. The first-order chi connectivity index (χ1) is 15.2. The number of anilines is 1. The van der Waals surface area contributed by atoms with Crippen molar-refractivity contribution in [2.75, 3.05) is 24.5 Å². The predicted molar refractivity (Wildman–Crippen MR) is 116 cm³/mol. The summed E-state index contributed by atoms with van der Waals surface area (Å²) in [4.78, 5) is 19.4. The number of aromatic nitrogens is 1. The zero-order valence-corrected chi connectivity index (χ0v) is 17.5. The molecule has 2 aromatic rings. The van der Waals surface area contributed by atoms with E-state index >= 15 is 0 Å². The van der Waals surface area contributed by atoms with Crippen molar-refractivity contribution >= 4 is 11.5 Å². The lowest BCUT2D eigenvalue weighted by Crippen LogP contribution is -2.55. The Balaban J connectivity index is 1.25. The summed E-state index contributed by atoms with van der Waals surface area (Å²) in [5, 5.41) is 16.4. The molecule has 4 atom stereocenters. The van der Waals surface area contributed by atoms with Gasteiger partial charge in [0.1, 0.15) is 12.1 Å². The number of ether oxygens (including phenoxy) is 1. The molecule has 160 valence electrons. The summed E-state index contributed by atoms with van der Waals surface area (Å²) in [6, 6.07) is 12.4. The zero-order valence-electron chi connectivity index (χ0n) is 17.5. The molecule has 0 aliphatic carbocycles. The molecule has 3 aliphatic heterocycles. The van der Waals surface area contributed by atoms with Crippen molar-refractivity contribution in [1.82, 2.24) is 15.6 Å². The van der Waals surface area contributed by atoms with E-state index in [1.54, 1.807) is 12.4 Å². The molecule has 1 aromatic heterocycles. The normalized spacial score (nSPS) is 27.6. The number of rotatable bonds is 5. The lowest BCUT2D eigenvalue weighted by Gasteiger charge is -2.37. The number of hydrogen-bond donors (Lipinski definition) is 2. The van der Waals surface area contributed by atoms with Crippen molar-refractivity contribution in [3.05, 3.63) is 59.4 Å². The first-order valence-corrected chi connectivity index (χ1v) is 11.1. The van der Waals surface area contributed by atoms with E-state index in [1.165, 1.54) is 11.1 Å². The molecule has 0 saturated carbocycles. The Kier molecular flexibility index (Phi) is 5.68. The minimum absolute atomic E-state index is 0.0521. The minimum Gasteiger partial charge on any atom is -0.373 e. The smallest absolute Gasteiger partial charge is 0.159 e. The number of ketones is 1. The Morgan fingerprint density at radius 3 is 3.10 bits per heavy atom. The van der Waals surface area contributed by atoms with E-state index in [1.807, 2.05) is 6.07 Å². The first kappa shape index (κ1) is 20.1. The van der Waals surface area contributed by atoms with Gasteiger partial charge in [0.05, 0.1) is 29.5 Å². The Labute approximate surface area is 182 Å². The second-order valence-corrected chi connectivity index (χ2v) is 8.52. The van der Waals surface area contributed by atoms with Crippen molar-refractivity contribution in [2.24, 2.45) is 0 Å². The van der Waals surface area contributed by atoms with E-state index in [9.17, 15) is 10.1 Å². The van der Waals surface area contributed by atoms with Gasteiger partial charge in [0.25, 0.3) is 0 Å². The maximum absolute atomic E-state index is 13.3. The monoisotopic (exact) mass is 417 g/mol. The van der Waals surface area contributed by atoms with Crippen molar-refractivity contribution in [3.8, 4) is 6.07 Å². The molecule has 0 spiro atoms. The van der Waals surface area contributed by atoms with Gasteiger partial charge in [0.15, 0.2) is 5.78 Å². The molecule has 4 heterocycles. The number of pyridine rings is 1. The third-order valence-electron chi connectivity index (χ3n) is 6.69. The van der Waals surface area contributed by atoms with Crippen LogP contribution in [0.4, 0.5) is 5.69 Å². The van der Waals surface area contributed by atoms with Gasteiger partial charge in [-0.3, -0.25) is 9.78 Å². The number of Topliss-reactive ketones (excluding diaryl/α,β-unsaturated/α-hetero) is 1. The summed E-state index contributed by atoms with van der Waals surface area (Å²) in [5.74, 6) is 0.165. The number of fused-ring (bicyclic) bond motifs is 1. The van der Waals surface area contributed by atoms with Gasteiger partial charge in [-0.25, -0.2) is 0 Å². The number of nitrogens with zero attached hydrogens (tertiary/aromatic N) is 3. The molecule has 7 heteroatoms. The van der Waals surface area contributed by atoms with E-state index in [-0.39, 0.29) is 30.1 Å². The van der Waals surface area contributed by atoms with Crippen LogP contribution < -0.4 is 15.5 Å². The molecular weight excluding hydrogens is 390 g/mol. The van der Waals surface area contributed by atoms with Gasteiger partial charge in [-0.2, -0.15) is 5.26 Å². The van der Waals surface area contributed by atoms with Gasteiger partial charge in [-0.15, -0.1) is 0 Å². The predicted octanol–water partition coefficient (Wildman–Crippen LogP) is 2.08.